The number of carbonyl (C=O) groups excluding carboxylic acids is 2. The van der Waals surface area contributed by atoms with E-state index >= 15 is 0 Å². The molecule has 1 fully saturated rings. The molecule has 0 aromatic heterocycles. The number of fused-ring (bicyclic) bond motifs is 1. The van der Waals surface area contributed by atoms with Gasteiger partial charge >= 0.3 is 24.1 Å². The van der Waals surface area contributed by atoms with Crippen molar-refractivity contribution in [2.75, 3.05) is 0 Å². The minimum Gasteiger partial charge on any atom is -0.481 e. The third-order valence-corrected chi connectivity index (χ3v) is 4.85. The zero-order valence-corrected chi connectivity index (χ0v) is 16.7. The average molecular weight is 467 g/mol. The van der Waals surface area contributed by atoms with Crippen molar-refractivity contribution >= 4 is 29.7 Å². The fourth-order valence-electron chi connectivity index (χ4n) is 3.29. The molecular formula is C18H24F3N3O8. The van der Waals surface area contributed by atoms with Gasteiger partial charge in [-0.05, 0) is 32.1 Å². The molecule has 0 spiro atoms. The van der Waals surface area contributed by atoms with Crippen LogP contribution in [-0.4, -0.2) is 80.3 Å². The first-order chi connectivity index (χ1) is 14.8. The van der Waals surface area contributed by atoms with Gasteiger partial charge in [0.25, 0.3) is 0 Å². The van der Waals surface area contributed by atoms with E-state index < -0.39 is 48.1 Å². The monoisotopic (exact) mass is 467 g/mol. The van der Waals surface area contributed by atoms with E-state index in [1.54, 1.807) is 0 Å². The Hall–Kier alpha value is -3.16. The Kier molecular flexibility index (Phi) is 9.62. The third kappa shape index (κ3) is 7.83. The molecule has 2 aliphatic heterocycles. The summed E-state index contributed by atoms with van der Waals surface area (Å²) in [4.78, 5) is 57.3. The van der Waals surface area contributed by atoms with Gasteiger partial charge in [-0.3, -0.25) is 14.4 Å². The Bertz CT molecular complexity index is 771. The SMILES string of the molecule is N[C@H]1C/C=C\C[C@@H]2CC[C@@H](C(=O)N[C@@H](CCC(=O)O)C(=O)O)N2C1=O.O=C(O)C(F)(F)F. The van der Waals surface area contributed by atoms with Crippen LogP contribution in [0.15, 0.2) is 12.2 Å². The van der Waals surface area contributed by atoms with Gasteiger partial charge < -0.3 is 31.3 Å². The lowest BCUT2D eigenvalue weighted by Gasteiger charge is -2.33. The third-order valence-electron chi connectivity index (χ3n) is 4.85. The van der Waals surface area contributed by atoms with Crippen LogP contribution in [0.1, 0.15) is 38.5 Å². The average Bonchev–Trinajstić information content (AvgIpc) is 3.09. The number of rotatable bonds is 6. The fraction of sp³-hybridized carbons (Fsp3) is 0.611. The molecule has 0 bridgehead atoms. The van der Waals surface area contributed by atoms with Crippen molar-refractivity contribution in [2.24, 2.45) is 5.73 Å². The molecule has 0 unspecified atom stereocenters. The zero-order valence-electron chi connectivity index (χ0n) is 16.7. The molecule has 32 heavy (non-hydrogen) atoms. The van der Waals surface area contributed by atoms with Crippen LogP contribution in [0.25, 0.3) is 0 Å². The largest absolute Gasteiger partial charge is 0.490 e. The van der Waals surface area contributed by atoms with Crippen molar-refractivity contribution < 1.29 is 52.5 Å². The summed E-state index contributed by atoms with van der Waals surface area (Å²) >= 11 is 0. The molecule has 14 heteroatoms. The number of alkyl halides is 3. The van der Waals surface area contributed by atoms with Crippen LogP contribution in [-0.2, 0) is 24.0 Å². The number of carboxylic acids is 3. The summed E-state index contributed by atoms with van der Waals surface area (Å²) in [6.45, 7) is 0. The number of carboxylic acid groups (broad SMARTS) is 3. The fourth-order valence-corrected chi connectivity index (χ4v) is 3.29. The number of nitrogens with zero attached hydrogens (tertiary/aromatic N) is 1. The number of amides is 2. The highest BCUT2D eigenvalue weighted by Gasteiger charge is 2.43. The lowest BCUT2D eigenvalue weighted by atomic mass is 10.1. The number of nitrogens with two attached hydrogens (primary N) is 1. The highest BCUT2D eigenvalue weighted by atomic mass is 19.4. The van der Waals surface area contributed by atoms with Crippen molar-refractivity contribution in [3.8, 4) is 0 Å². The van der Waals surface area contributed by atoms with E-state index in [0.717, 1.165) is 0 Å². The molecule has 0 radical (unpaired) electrons. The first-order valence-corrected chi connectivity index (χ1v) is 9.53. The van der Waals surface area contributed by atoms with Crippen molar-refractivity contribution in [1.29, 1.82) is 0 Å². The van der Waals surface area contributed by atoms with Gasteiger partial charge in [0, 0.05) is 12.5 Å². The highest BCUT2D eigenvalue weighted by Crippen LogP contribution is 2.29. The number of aliphatic carboxylic acids is 3. The molecule has 2 aliphatic rings. The standard InChI is InChI=1S/C16H23N3O6.C2HF3O2/c17-10-4-2-1-3-9-5-7-12(19(9)15(10)23)14(22)18-11(16(24)25)6-8-13(20)21;3-2(4,5)1(6)7/h1-2,9-12H,3-8,17H2,(H,18,22)(H,20,21)(H,24,25);(H,6,7)/b2-1-;/t9-,10+,11+,12+;/m1./s1. The van der Waals surface area contributed by atoms with E-state index in [4.69, 9.17) is 25.8 Å². The first kappa shape index (κ1) is 26.9. The van der Waals surface area contributed by atoms with Crippen LogP contribution in [0.5, 0.6) is 0 Å². The number of carbonyl (C=O) groups is 5. The number of nitrogens with one attached hydrogen (secondary N) is 1. The van der Waals surface area contributed by atoms with E-state index in [1.165, 1.54) is 4.90 Å². The molecule has 1 saturated heterocycles. The molecule has 0 saturated carbocycles. The second-order valence-electron chi connectivity index (χ2n) is 7.18. The molecule has 6 N–H and O–H groups in total. The van der Waals surface area contributed by atoms with Crippen molar-refractivity contribution in [3.63, 3.8) is 0 Å². The lowest BCUT2D eigenvalue weighted by Crippen LogP contribution is -2.56. The van der Waals surface area contributed by atoms with Crippen LogP contribution in [0.2, 0.25) is 0 Å². The molecule has 0 aromatic carbocycles. The van der Waals surface area contributed by atoms with Crippen LogP contribution < -0.4 is 11.1 Å². The molecule has 0 aliphatic carbocycles. The van der Waals surface area contributed by atoms with E-state index in [1.807, 2.05) is 12.2 Å². The molecule has 4 atom stereocenters. The Labute approximate surface area is 180 Å². The Balaban J connectivity index is 0.000000633. The van der Waals surface area contributed by atoms with Gasteiger partial charge in [0.15, 0.2) is 0 Å². The van der Waals surface area contributed by atoms with Crippen LogP contribution in [0, 0.1) is 0 Å². The van der Waals surface area contributed by atoms with E-state index in [0.29, 0.717) is 25.7 Å². The summed E-state index contributed by atoms with van der Waals surface area (Å²) in [5.41, 5.74) is 5.86. The number of hydrogen-bond donors (Lipinski definition) is 5. The normalized spacial score (nSPS) is 24.7. The van der Waals surface area contributed by atoms with Gasteiger partial charge in [-0.2, -0.15) is 13.2 Å². The lowest BCUT2D eigenvalue weighted by molar-refractivity contribution is -0.192. The Morgan fingerprint density at radius 3 is 2.19 bits per heavy atom. The van der Waals surface area contributed by atoms with Gasteiger partial charge in [0.2, 0.25) is 11.8 Å². The maximum absolute atomic E-state index is 12.5. The molecule has 180 valence electrons. The van der Waals surface area contributed by atoms with Gasteiger partial charge in [-0.15, -0.1) is 0 Å². The maximum atomic E-state index is 12.5. The maximum Gasteiger partial charge on any atom is 0.490 e. The predicted octanol–water partition coefficient (Wildman–Crippen LogP) is 0.0908. The Morgan fingerprint density at radius 2 is 1.69 bits per heavy atom. The summed E-state index contributed by atoms with van der Waals surface area (Å²) in [6, 6.07) is -2.94. The minimum atomic E-state index is -5.08. The summed E-state index contributed by atoms with van der Waals surface area (Å²) < 4.78 is 31.7. The highest BCUT2D eigenvalue weighted by molar-refractivity contribution is 5.92. The summed E-state index contributed by atoms with van der Waals surface area (Å²) in [5, 5.41) is 27.3. The number of hydrogen-bond acceptors (Lipinski definition) is 6. The minimum absolute atomic E-state index is 0.131. The van der Waals surface area contributed by atoms with E-state index in [9.17, 15) is 32.3 Å². The second kappa shape index (κ2) is 11.5. The van der Waals surface area contributed by atoms with Crippen molar-refractivity contribution in [2.45, 2.75) is 68.9 Å². The van der Waals surface area contributed by atoms with Crippen molar-refractivity contribution in [1.82, 2.24) is 10.2 Å². The van der Waals surface area contributed by atoms with Crippen LogP contribution in [0.3, 0.4) is 0 Å². The van der Waals surface area contributed by atoms with Crippen LogP contribution in [0.4, 0.5) is 13.2 Å². The van der Waals surface area contributed by atoms with Gasteiger partial charge in [0.05, 0.1) is 6.04 Å². The summed E-state index contributed by atoms with van der Waals surface area (Å²) in [5.74, 6) is -6.09. The molecular weight excluding hydrogens is 443 g/mol. The number of halogens is 3. The smallest absolute Gasteiger partial charge is 0.481 e. The Morgan fingerprint density at radius 1 is 1.12 bits per heavy atom. The molecule has 2 heterocycles. The summed E-state index contributed by atoms with van der Waals surface area (Å²) in [6.07, 6.45) is 0.209. The molecule has 11 nitrogen and oxygen atoms in total. The van der Waals surface area contributed by atoms with Gasteiger partial charge in [-0.25, -0.2) is 9.59 Å². The van der Waals surface area contributed by atoms with Gasteiger partial charge in [-0.1, -0.05) is 12.2 Å². The van der Waals surface area contributed by atoms with Crippen molar-refractivity contribution in [3.05, 3.63) is 12.2 Å². The predicted molar refractivity (Wildman–Crippen MR) is 100 cm³/mol. The summed E-state index contributed by atoms with van der Waals surface area (Å²) in [7, 11) is 0. The zero-order chi connectivity index (χ0) is 24.6. The van der Waals surface area contributed by atoms with E-state index in [-0.39, 0.29) is 24.8 Å². The second-order valence-corrected chi connectivity index (χ2v) is 7.18. The first-order valence-electron chi connectivity index (χ1n) is 9.53. The quantitative estimate of drug-likeness (QED) is 0.337. The molecule has 0 aromatic rings. The van der Waals surface area contributed by atoms with Crippen LogP contribution >= 0.6 is 0 Å². The van der Waals surface area contributed by atoms with E-state index in [2.05, 4.69) is 5.32 Å². The molecule has 2 rings (SSSR count). The molecule has 2 amide bonds. The van der Waals surface area contributed by atoms with Gasteiger partial charge in [0.1, 0.15) is 12.1 Å². The topological polar surface area (TPSA) is 187 Å².